The van der Waals surface area contributed by atoms with Gasteiger partial charge in [-0.25, -0.2) is 0 Å². The lowest BCUT2D eigenvalue weighted by Gasteiger charge is -2.20. The average molecular weight is 304 g/mol. The number of amides is 1. The molecule has 0 aliphatic carbocycles. The van der Waals surface area contributed by atoms with E-state index >= 15 is 0 Å². The highest BCUT2D eigenvalue weighted by atomic mass is 16.5. The van der Waals surface area contributed by atoms with Gasteiger partial charge >= 0.3 is 0 Å². The van der Waals surface area contributed by atoms with Crippen molar-refractivity contribution in [2.75, 3.05) is 32.8 Å². The van der Waals surface area contributed by atoms with Crippen LogP contribution in [0.3, 0.4) is 0 Å². The maximum absolute atomic E-state index is 12.4. The van der Waals surface area contributed by atoms with Crippen LogP contribution in [0.25, 0.3) is 0 Å². The summed E-state index contributed by atoms with van der Waals surface area (Å²) in [6, 6.07) is 6.33. The van der Waals surface area contributed by atoms with E-state index in [-0.39, 0.29) is 5.91 Å². The molecule has 1 amide bonds. The Hall–Kier alpha value is -1.55. The first kappa shape index (κ1) is 16.8. The fourth-order valence-corrected chi connectivity index (χ4v) is 2.84. The molecule has 0 unspecified atom stereocenters. The summed E-state index contributed by atoms with van der Waals surface area (Å²) in [5.41, 5.74) is 2.45. The minimum Gasteiger partial charge on any atom is -0.494 e. The smallest absolute Gasteiger partial charge is 0.222 e. The zero-order chi connectivity index (χ0) is 15.8. The van der Waals surface area contributed by atoms with Crippen molar-refractivity contribution in [2.24, 2.45) is 0 Å². The van der Waals surface area contributed by atoms with Crippen LogP contribution in [0.4, 0.5) is 0 Å². The van der Waals surface area contributed by atoms with E-state index in [1.54, 1.807) is 0 Å². The predicted molar refractivity (Wildman–Crippen MR) is 89.4 cm³/mol. The number of rotatable bonds is 6. The van der Waals surface area contributed by atoms with Crippen molar-refractivity contribution >= 4 is 5.91 Å². The Balaban J connectivity index is 1.98. The Morgan fingerprint density at radius 3 is 2.91 bits per heavy atom. The van der Waals surface area contributed by atoms with Crippen molar-refractivity contribution < 1.29 is 9.53 Å². The zero-order valence-corrected chi connectivity index (χ0v) is 13.9. The lowest BCUT2D eigenvalue weighted by molar-refractivity contribution is -0.130. The number of aryl methyl sites for hydroxylation is 2. The molecule has 1 saturated heterocycles. The van der Waals surface area contributed by atoms with Gasteiger partial charge in [0.15, 0.2) is 0 Å². The molecule has 0 atom stereocenters. The summed E-state index contributed by atoms with van der Waals surface area (Å²) in [5, 5.41) is 3.33. The van der Waals surface area contributed by atoms with Crippen LogP contribution < -0.4 is 10.1 Å². The first-order valence-electron chi connectivity index (χ1n) is 8.47. The molecular formula is C18H28N2O2. The van der Waals surface area contributed by atoms with Crippen LogP contribution in [-0.2, 0) is 17.6 Å². The second-order valence-electron chi connectivity index (χ2n) is 5.71. The third kappa shape index (κ3) is 4.73. The van der Waals surface area contributed by atoms with Gasteiger partial charge in [0.2, 0.25) is 5.91 Å². The van der Waals surface area contributed by atoms with E-state index in [4.69, 9.17) is 4.74 Å². The molecule has 0 aromatic heterocycles. The minimum atomic E-state index is 0.257. The van der Waals surface area contributed by atoms with Crippen LogP contribution in [0.5, 0.6) is 5.75 Å². The number of nitrogens with zero attached hydrogens (tertiary/aromatic N) is 1. The Kier molecular flexibility index (Phi) is 6.72. The molecule has 2 rings (SSSR count). The van der Waals surface area contributed by atoms with E-state index in [0.29, 0.717) is 13.0 Å². The van der Waals surface area contributed by atoms with Crippen LogP contribution in [0, 0.1) is 0 Å². The van der Waals surface area contributed by atoms with Crippen molar-refractivity contribution in [1.82, 2.24) is 10.2 Å². The van der Waals surface area contributed by atoms with E-state index < -0.39 is 0 Å². The molecule has 4 nitrogen and oxygen atoms in total. The second-order valence-corrected chi connectivity index (χ2v) is 5.71. The highest BCUT2D eigenvalue weighted by Gasteiger charge is 2.16. The SMILES string of the molecule is CCOc1ccc(CC)cc1CCC(=O)N1CCCNCC1. The number of hydrogen-bond donors (Lipinski definition) is 1. The van der Waals surface area contributed by atoms with Gasteiger partial charge in [-0.05, 0) is 49.9 Å². The number of benzene rings is 1. The van der Waals surface area contributed by atoms with Gasteiger partial charge in [-0.3, -0.25) is 4.79 Å². The van der Waals surface area contributed by atoms with Crippen molar-refractivity contribution in [2.45, 2.75) is 39.5 Å². The van der Waals surface area contributed by atoms with Crippen molar-refractivity contribution in [3.05, 3.63) is 29.3 Å². The third-order valence-corrected chi connectivity index (χ3v) is 4.13. The number of carbonyl (C=O) groups excluding carboxylic acids is 1. The molecule has 0 saturated carbocycles. The molecule has 1 aliphatic heterocycles. The first-order chi connectivity index (χ1) is 10.7. The number of carbonyl (C=O) groups is 1. The average Bonchev–Trinajstić information content (AvgIpc) is 2.83. The Bertz CT molecular complexity index is 480. The zero-order valence-electron chi connectivity index (χ0n) is 13.9. The molecule has 22 heavy (non-hydrogen) atoms. The molecule has 4 heteroatoms. The Morgan fingerprint density at radius 2 is 2.14 bits per heavy atom. The fourth-order valence-electron chi connectivity index (χ4n) is 2.84. The Labute approximate surface area is 133 Å². The third-order valence-electron chi connectivity index (χ3n) is 4.13. The van der Waals surface area contributed by atoms with Crippen LogP contribution in [0.1, 0.15) is 37.8 Å². The standard InChI is InChI=1S/C18H28N2O2/c1-3-15-6-8-17(22-4-2)16(14-15)7-9-18(21)20-12-5-10-19-11-13-20/h6,8,14,19H,3-5,7,9-13H2,1-2H3. The van der Waals surface area contributed by atoms with Crippen LogP contribution in [0.15, 0.2) is 18.2 Å². The maximum atomic E-state index is 12.4. The monoisotopic (exact) mass is 304 g/mol. The Morgan fingerprint density at radius 1 is 1.27 bits per heavy atom. The molecule has 1 aromatic carbocycles. The summed E-state index contributed by atoms with van der Waals surface area (Å²) in [6.45, 7) is 8.41. The summed E-state index contributed by atoms with van der Waals surface area (Å²) < 4.78 is 5.70. The van der Waals surface area contributed by atoms with Crippen molar-refractivity contribution in [3.8, 4) is 5.75 Å². The van der Waals surface area contributed by atoms with Gasteiger partial charge in [0.05, 0.1) is 6.61 Å². The van der Waals surface area contributed by atoms with E-state index in [2.05, 4.69) is 24.4 Å². The molecular weight excluding hydrogens is 276 g/mol. The largest absolute Gasteiger partial charge is 0.494 e. The lowest BCUT2D eigenvalue weighted by atomic mass is 10.0. The van der Waals surface area contributed by atoms with Gasteiger partial charge in [-0.1, -0.05) is 19.1 Å². The summed E-state index contributed by atoms with van der Waals surface area (Å²) >= 11 is 0. The van der Waals surface area contributed by atoms with Gasteiger partial charge in [0.25, 0.3) is 0 Å². The number of nitrogens with one attached hydrogen (secondary N) is 1. The quantitative estimate of drug-likeness (QED) is 0.877. The number of ether oxygens (including phenoxy) is 1. The summed E-state index contributed by atoms with van der Waals surface area (Å²) in [5.74, 6) is 1.18. The number of hydrogen-bond acceptors (Lipinski definition) is 3. The van der Waals surface area contributed by atoms with Gasteiger partial charge in [-0.2, -0.15) is 0 Å². The molecule has 1 heterocycles. The summed E-state index contributed by atoms with van der Waals surface area (Å²) in [7, 11) is 0. The topological polar surface area (TPSA) is 41.6 Å². The minimum absolute atomic E-state index is 0.257. The highest BCUT2D eigenvalue weighted by molar-refractivity contribution is 5.76. The second kappa shape index (κ2) is 8.79. The van der Waals surface area contributed by atoms with Gasteiger partial charge in [0.1, 0.15) is 5.75 Å². The normalized spacial score (nSPS) is 15.5. The van der Waals surface area contributed by atoms with Gasteiger partial charge in [-0.15, -0.1) is 0 Å². The molecule has 0 spiro atoms. The molecule has 0 radical (unpaired) electrons. The summed E-state index contributed by atoms with van der Waals surface area (Å²) in [6.07, 6.45) is 3.37. The van der Waals surface area contributed by atoms with Crippen LogP contribution >= 0.6 is 0 Å². The molecule has 0 bridgehead atoms. The van der Waals surface area contributed by atoms with E-state index in [1.807, 2.05) is 17.9 Å². The van der Waals surface area contributed by atoms with Crippen molar-refractivity contribution in [3.63, 3.8) is 0 Å². The molecule has 122 valence electrons. The molecule has 1 fully saturated rings. The van der Waals surface area contributed by atoms with Crippen molar-refractivity contribution in [1.29, 1.82) is 0 Å². The maximum Gasteiger partial charge on any atom is 0.222 e. The highest BCUT2D eigenvalue weighted by Crippen LogP contribution is 2.22. The molecule has 1 aromatic rings. The first-order valence-corrected chi connectivity index (χ1v) is 8.47. The van der Waals surface area contributed by atoms with Gasteiger partial charge < -0.3 is 15.0 Å². The van der Waals surface area contributed by atoms with Crippen LogP contribution in [-0.4, -0.2) is 43.6 Å². The van der Waals surface area contributed by atoms with E-state index in [1.165, 1.54) is 5.56 Å². The molecule has 1 N–H and O–H groups in total. The van der Waals surface area contributed by atoms with E-state index in [0.717, 1.165) is 56.8 Å². The lowest BCUT2D eigenvalue weighted by Crippen LogP contribution is -2.34. The van der Waals surface area contributed by atoms with E-state index in [9.17, 15) is 4.79 Å². The summed E-state index contributed by atoms with van der Waals surface area (Å²) in [4.78, 5) is 14.4. The molecule has 1 aliphatic rings. The predicted octanol–water partition coefficient (Wildman–Crippen LogP) is 2.40. The van der Waals surface area contributed by atoms with Crippen LogP contribution in [0.2, 0.25) is 0 Å². The van der Waals surface area contributed by atoms with Gasteiger partial charge in [0, 0.05) is 26.1 Å². The fraction of sp³-hybridized carbons (Fsp3) is 0.611.